The molecule has 0 amide bonds. The second-order valence-corrected chi connectivity index (χ2v) is 12.9. The summed E-state index contributed by atoms with van der Waals surface area (Å²) in [5.41, 5.74) is 7.91. The Kier molecular flexibility index (Phi) is 8.86. The Morgan fingerprint density at radius 3 is 1.16 bits per heavy atom. The number of aromatic hydroxyl groups is 1. The summed E-state index contributed by atoms with van der Waals surface area (Å²) in [4.78, 5) is -0.470. The number of hydrogen-bond donors (Lipinski definition) is 2. The smallest absolute Gasteiger partial charge is 0.298 e. The van der Waals surface area contributed by atoms with Crippen LogP contribution in [0.25, 0.3) is 0 Å². The van der Waals surface area contributed by atoms with Crippen molar-refractivity contribution in [1.29, 1.82) is 0 Å². The van der Waals surface area contributed by atoms with Gasteiger partial charge >= 0.3 is 0 Å². The van der Waals surface area contributed by atoms with E-state index in [1.165, 1.54) is 22.8 Å². The zero-order chi connectivity index (χ0) is 30.7. The van der Waals surface area contributed by atoms with Crippen LogP contribution in [0.1, 0.15) is 95.9 Å². The molecule has 5 aromatic rings. The molecule has 0 aliphatic carbocycles. The summed E-state index contributed by atoms with van der Waals surface area (Å²) in [6, 6.07) is 40.4. The Bertz CT molecular complexity index is 1780. The zero-order valence-electron chi connectivity index (χ0n) is 25.0. The van der Waals surface area contributed by atoms with Gasteiger partial charge in [-0.1, -0.05) is 143 Å². The first kappa shape index (κ1) is 30.3. The van der Waals surface area contributed by atoms with Gasteiger partial charge in [-0.25, -0.2) is 0 Å². The molecule has 5 aromatic carbocycles. The number of hydrogen-bond acceptors (Lipinski definition) is 3. The predicted octanol–water partition coefficient (Wildman–Crippen LogP) is 9.25. The lowest BCUT2D eigenvalue weighted by atomic mass is 9.85. The van der Waals surface area contributed by atoms with Crippen LogP contribution in [-0.4, -0.2) is 18.1 Å². The van der Waals surface area contributed by atoms with Gasteiger partial charge in [-0.3, -0.25) is 4.55 Å². The first-order valence-corrected chi connectivity index (χ1v) is 16.1. The van der Waals surface area contributed by atoms with Crippen LogP contribution >= 0.6 is 0 Å². The quantitative estimate of drug-likeness (QED) is 0.168. The molecule has 0 fully saturated rings. The molecule has 4 atom stereocenters. The SMILES string of the molecule is CC(c1ccccc1)c1ccc(C(C)c2cc(C(C)c3ccc(C(C)c4ccccc4)cc3)c(O)c(S(=O)(=O)O)c2)cc1. The van der Waals surface area contributed by atoms with E-state index in [4.69, 9.17) is 0 Å². The van der Waals surface area contributed by atoms with Crippen molar-refractivity contribution in [2.24, 2.45) is 0 Å². The second kappa shape index (κ2) is 12.6. The summed E-state index contributed by atoms with van der Waals surface area (Å²) in [5, 5.41) is 11.1. The summed E-state index contributed by atoms with van der Waals surface area (Å²) in [6.07, 6.45) is 0. The zero-order valence-corrected chi connectivity index (χ0v) is 25.8. The third kappa shape index (κ3) is 6.58. The Hall–Kier alpha value is -4.19. The van der Waals surface area contributed by atoms with Gasteiger partial charge in [0, 0.05) is 29.2 Å². The summed E-state index contributed by atoms with van der Waals surface area (Å²) in [6.45, 7) is 8.28. The van der Waals surface area contributed by atoms with Gasteiger partial charge in [-0.05, 0) is 45.0 Å². The van der Waals surface area contributed by atoms with Gasteiger partial charge < -0.3 is 5.11 Å². The highest BCUT2D eigenvalue weighted by Gasteiger charge is 2.25. The fourth-order valence-electron chi connectivity index (χ4n) is 5.82. The fraction of sp³-hybridized carbons (Fsp3) is 0.211. The van der Waals surface area contributed by atoms with Gasteiger partial charge in [-0.15, -0.1) is 0 Å². The minimum atomic E-state index is -4.66. The van der Waals surface area contributed by atoms with E-state index >= 15 is 0 Å². The number of benzene rings is 5. The third-order valence-corrected chi connectivity index (χ3v) is 9.71. The lowest BCUT2D eigenvalue weighted by Gasteiger charge is -2.21. The predicted molar refractivity (Wildman–Crippen MR) is 174 cm³/mol. The van der Waals surface area contributed by atoms with Crippen LogP contribution in [0.3, 0.4) is 0 Å². The molecule has 0 aliphatic rings. The van der Waals surface area contributed by atoms with E-state index in [0.717, 1.165) is 16.7 Å². The monoisotopic (exact) mass is 590 g/mol. The lowest BCUT2D eigenvalue weighted by molar-refractivity contribution is 0.436. The average Bonchev–Trinajstić information content (AvgIpc) is 3.04. The van der Waals surface area contributed by atoms with Crippen molar-refractivity contribution in [3.05, 3.63) is 166 Å². The molecule has 0 saturated carbocycles. The van der Waals surface area contributed by atoms with Crippen molar-refractivity contribution in [3.8, 4) is 5.75 Å². The molecule has 5 heteroatoms. The molecule has 5 rings (SSSR count). The summed E-state index contributed by atoms with van der Waals surface area (Å²) >= 11 is 0. The summed E-state index contributed by atoms with van der Waals surface area (Å²) < 4.78 is 34.8. The topological polar surface area (TPSA) is 74.6 Å². The first-order chi connectivity index (χ1) is 20.5. The number of rotatable bonds is 9. The normalized spacial score (nSPS) is 14.5. The minimum Gasteiger partial charge on any atom is -0.506 e. The molecule has 0 saturated heterocycles. The molecule has 43 heavy (non-hydrogen) atoms. The van der Waals surface area contributed by atoms with Crippen LogP contribution in [-0.2, 0) is 10.1 Å². The molecule has 0 heterocycles. The third-order valence-electron chi connectivity index (χ3n) is 8.84. The van der Waals surface area contributed by atoms with Crippen LogP contribution in [0, 0.1) is 0 Å². The molecule has 0 aromatic heterocycles. The first-order valence-electron chi connectivity index (χ1n) is 14.7. The summed E-state index contributed by atoms with van der Waals surface area (Å²) in [5.74, 6) is -0.457. The van der Waals surface area contributed by atoms with Crippen LogP contribution < -0.4 is 0 Å². The maximum absolute atomic E-state index is 12.4. The van der Waals surface area contributed by atoms with E-state index in [1.807, 2.05) is 68.4 Å². The fourth-order valence-corrected chi connectivity index (χ4v) is 6.46. The van der Waals surface area contributed by atoms with Gasteiger partial charge in [0.25, 0.3) is 10.1 Å². The van der Waals surface area contributed by atoms with Gasteiger partial charge in [0.1, 0.15) is 10.6 Å². The van der Waals surface area contributed by atoms with Crippen molar-refractivity contribution in [1.82, 2.24) is 0 Å². The van der Waals surface area contributed by atoms with Gasteiger partial charge in [0.05, 0.1) is 0 Å². The van der Waals surface area contributed by atoms with Crippen molar-refractivity contribution in [3.63, 3.8) is 0 Å². The van der Waals surface area contributed by atoms with E-state index in [0.29, 0.717) is 11.1 Å². The highest BCUT2D eigenvalue weighted by molar-refractivity contribution is 7.86. The molecule has 0 radical (unpaired) electrons. The molecule has 0 bridgehead atoms. The molecule has 2 N–H and O–H groups in total. The Labute approximate surface area is 255 Å². The lowest BCUT2D eigenvalue weighted by Crippen LogP contribution is -2.07. The highest BCUT2D eigenvalue weighted by atomic mass is 32.2. The van der Waals surface area contributed by atoms with Crippen LogP contribution in [0.4, 0.5) is 0 Å². The molecule has 4 nitrogen and oxygen atoms in total. The van der Waals surface area contributed by atoms with Crippen LogP contribution in [0.15, 0.2) is 126 Å². The van der Waals surface area contributed by atoms with E-state index in [2.05, 4.69) is 74.5 Å². The van der Waals surface area contributed by atoms with Crippen LogP contribution in [0.5, 0.6) is 5.75 Å². The Balaban J connectivity index is 1.46. The molecule has 0 spiro atoms. The molecule has 220 valence electrons. The van der Waals surface area contributed by atoms with Gasteiger partial charge in [-0.2, -0.15) is 8.42 Å². The highest BCUT2D eigenvalue weighted by Crippen LogP contribution is 2.40. The average molecular weight is 591 g/mol. The van der Waals surface area contributed by atoms with E-state index in [9.17, 15) is 18.1 Å². The Morgan fingerprint density at radius 2 is 0.791 bits per heavy atom. The molecule has 4 unspecified atom stereocenters. The summed E-state index contributed by atoms with van der Waals surface area (Å²) in [7, 11) is -4.66. The molecule has 0 aliphatic heterocycles. The number of phenols is 1. The van der Waals surface area contributed by atoms with Crippen molar-refractivity contribution in [2.75, 3.05) is 0 Å². The van der Waals surface area contributed by atoms with E-state index in [1.54, 1.807) is 0 Å². The van der Waals surface area contributed by atoms with E-state index < -0.39 is 20.8 Å². The Morgan fingerprint density at radius 1 is 0.465 bits per heavy atom. The number of phenolic OH excluding ortho intramolecular Hbond substituents is 1. The maximum Gasteiger partial charge on any atom is 0.298 e. The largest absolute Gasteiger partial charge is 0.506 e. The van der Waals surface area contributed by atoms with Crippen molar-refractivity contribution < 1.29 is 18.1 Å². The van der Waals surface area contributed by atoms with Crippen LogP contribution in [0.2, 0.25) is 0 Å². The van der Waals surface area contributed by atoms with Gasteiger partial charge in [0.2, 0.25) is 0 Å². The molecular formula is C38H38O4S. The van der Waals surface area contributed by atoms with E-state index in [-0.39, 0.29) is 23.7 Å². The molecular weight excluding hydrogens is 552 g/mol. The van der Waals surface area contributed by atoms with Crippen molar-refractivity contribution >= 4 is 10.1 Å². The second-order valence-electron chi connectivity index (χ2n) is 11.5. The minimum absolute atomic E-state index is 0.178. The standard InChI is InChI=1S/C38H38O4S/c1-25(29-11-7-5-8-12-29)31-15-17-33(18-16-31)27(3)35-23-36(38(39)37(24-35)43(40,41)42)28(4)34-21-19-32(20-22-34)26(2)30-13-9-6-10-14-30/h5-28,39H,1-4H3,(H,40,41,42). The van der Waals surface area contributed by atoms with Gasteiger partial charge in [0.15, 0.2) is 0 Å². The maximum atomic E-state index is 12.4. The van der Waals surface area contributed by atoms with Crippen molar-refractivity contribution in [2.45, 2.75) is 56.3 Å².